The summed E-state index contributed by atoms with van der Waals surface area (Å²) in [4.78, 5) is 4.73. The topological polar surface area (TPSA) is 59.0 Å². The van der Waals surface area contributed by atoms with E-state index in [1.807, 2.05) is 24.3 Å². The van der Waals surface area contributed by atoms with Crippen LogP contribution in [0.2, 0.25) is 0 Å². The highest BCUT2D eigenvalue weighted by Crippen LogP contribution is 2.25. The zero-order chi connectivity index (χ0) is 18.6. The summed E-state index contributed by atoms with van der Waals surface area (Å²) < 4.78 is 32.2. The molecular weight excluding hydrogens is 348 g/mol. The van der Waals surface area contributed by atoms with Gasteiger partial charge in [0.15, 0.2) is 0 Å². The highest BCUT2D eigenvalue weighted by atomic mass is 32.2. The summed E-state index contributed by atoms with van der Waals surface area (Å²) in [5, 5.41) is 0. The first-order valence-corrected chi connectivity index (χ1v) is 10.2. The molecule has 26 heavy (non-hydrogen) atoms. The van der Waals surface area contributed by atoms with Crippen molar-refractivity contribution in [2.75, 3.05) is 20.2 Å². The maximum atomic E-state index is 12.7. The second kappa shape index (κ2) is 8.01. The Labute approximate surface area is 155 Å². The number of hydrogen-bond donors (Lipinski definition) is 0. The molecule has 0 atom stereocenters. The zero-order valence-corrected chi connectivity index (χ0v) is 15.9. The number of sulfonamides is 1. The Morgan fingerprint density at radius 1 is 1.12 bits per heavy atom. The molecule has 0 radical (unpaired) electrons. The van der Waals surface area contributed by atoms with E-state index in [9.17, 15) is 8.42 Å². The number of ether oxygens (including phenoxy) is 1. The third-order valence-electron chi connectivity index (χ3n) is 4.67. The second-order valence-corrected chi connectivity index (χ2v) is 8.55. The lowest BCUT2D eigenvalue weighted by Crippen LogP contribution is -2.37. The molecule has 3 rings (SSSR count). The van der Waals surface area contributed by atoms with Gasteiger partial charge in [-0.2, -0.15) is 4.31 Å². The minimum absolute atomic E-state index is 0.326. The Hall–Kier alpha value is -2.18. The Morgan fingerprint density at radius 3 is 2.46 bits per heavy atom. The van der Waals surface area contributed by atoms with E-state index < -0.39 is 10.0 Å². The molecule has 1 aliphatic heterocycles. The maximum absolute atomic E-state index is 12.7. The predicted octanol–water partition coefficient (Wildman–Crippen LogP) is 3.87. The molecule has 0 saturated carbocycles. The fraction of sp³-hybridized carbons (Fsp3) is 0.350. The first-order valence-electron chi connectivity index (χ1n) is 8.77. The van der Waals surface area contributed by atoms with Crippen molar-refractivity contribution in [3.05, 3.63) is 54.1 Å². The standard InChI is InChI=1S/C20H24N2O3S/c1-16-10-12-22(13-11-16)26(23,24)20-8-6-18(7-9-20)21-15-17-4-3-5-19(14-17)25-2/h3-9,14-16H,10-13H2,1-2H3. The molecule has 0 aliphatic carbocycles. The van der Waals surface area contributed by atoms with E-state index in [4.69, 9.17) is 4.74 Å². The minimum atomic E-state index is -3.41. The van der Waals surface area contributed by atoms with Gasteiger partial charge in [0, 0.05) is 19.3 Å². The molecule has 0 N–H and O–H groups in total. The average molecular weight is 372 g/mol. The predicted molar refractivity (Wildman–Crippen MR) is 104 cm³/mol. The number of aliphatic imine (C=N–C) groups is 1. The van der Waals surface area contributed by atoms with Crippen molar-refractivity contribution in [2.45, 2.75) is 24.7 Å². The summed E-state index contributed by atoms with van der Waals surface area (Å²) in [6.45, 7) is 3.36. The maximum Gasteiger partial charge on any atom is 0.243 e. The summed E-state index contributed by atoms with van der Waals surface area (Å²) in [6.07, 6.45) is 3.57. The molecule has 0 amide bonds. The van der Waals surface area contributed by atoms with E-state index >= 15 is 0 Å². The van der Waals surface area contributed by atoms with Crippen molar-refractivity contribution >= 4 is 21.9 Å². The van der Waals surface area contributed by atoms with Gasteiger partial charge in [0.1, 0.15) is 5.75 Å². The van der Waals surface area contributed by atoms with Crippen molar-refractivity contribution in [2.24, 2.45) is 10.9 Å². The third-order valence-corrected chi connectivity index (χ3v) is 6.59. The van der Waals surface area contributed by atoms with E-state index in [1.54, 1.807) is 41.9 Å². The molecule has 1 aliphatic rings. The fourth-order valence-electron chi connectivity index (χ4n) is 2.95. The largest absolute Gasteiger partial charge is 0.497 e. The van der Waals surface area contributed by atoms with Crippen LogP contribution in [0.4, 0.5) is 5.69 Å². The minimum Gasteiger partial charge on any atom is -0.497 e. The molecule has 0 spiro atoms. The highest BCUT2D eigenvalue weighted by Gasteiger charge is 2.27. The molecule has 2 aromatic carbocycles. The van der Waals surface area contributed by atoms with Gasteiger partial charge in [-0.15, -0.1) is 0 Å². The van der Waals surface area contributed by atoms with Gasteiger partial charge in [-0.3, -0.25) is 4.99 Å². The summed E-state index contributed by atoms with van der Waals surface area (Å²) in [5.74, 6) is 1.36. The van der Waals surface area contributed by atoms with Gasteiger partial charge in [0.25, 0.3) is 0 Å². The van der Waals surface area contributed by atoms with Crippen molar-refractivity contribution in [1.82, 2.24) is 4.31 Å². The highest BCUT2D eigenvalue weighted by molar-refractivity contribution is 7.89. The van der Waals surface area contributed by atoms with Crippen LogP contribution in [0, 0.1) is 5.92 Å². The first-order chi connectivity index (χ1) is 12.5. The molecule has 138 valence electrons. The van der Waals surface area contributed by atoms with Crippen molar-refractivity contribution in [3.63, 3.8) is 0 Å². The van der Waals surface area contributed by atoms with Crippen LogP contribution in [0.15, 0.2) is 58.4 Å². The molecule has 1 heterocycles. The SMILES string of the molecule is COc1cccc(C=Nc2ccc(S(=O)(=O)N3CCC(C)CC3)cc2)c1. The number of nitrogens with zero attached hydrogens (tertiary/aromatic N) is 2. The Kier molecular flexibility index (Phi) is 5.74. The smallest absolute Gasteiger partial charge is 0.243 e. The van der Waals surface area contributed by atoms with Gasteiger partial charge in [-0.1, -0.05) is 19.1 Å². The molecule has 0 bridgehead atoms. The fourth-order valence-corrected chi connectivity index (χ4v) is 4.42. The van der Waals surface area contributed by atoms with E-state index in [-0.39, 0.29) is 0 Å². The number of methoxy groups -OCH3 is 1. The Morgan fingerprint density at radius 2 is 1.81 bits per heavy atom. The summed E-state index contributed by atoms with van der Waals surface area (Å²) in [7, 11) is -1.79. The monoisotopic (exact) mass is 372 g/mol. The van der Waals surface area contributed by atoms with Gasteiger partial charge in [0.2, 0.25) is 10.0 Å². The van der Waals surface area contributed by atoms with Crippen LogP contribution in [-0.2, 0) is 10.0 Å². The van der Waals surface area contributed by atoms with Crippen LogP contribution < -0.4 is 4.74 Å². The Bertz CT molecular complexity index is 868. The van der Waals surface area contributed by atoms with Crippen molar-refractivity contribution in [3.8, 4) is 5.75 Å². The number of piperidine rings is 1. The summed E-state index contributed by atoms with van der Waals surface area (Å²) >= 11 is 0. The lowest BCUT2D eigenvalue weighted by atomic mass is 10.0. The Balaban J connectivity index is 1.72. The number of hydrogen-bond acceptors (Lipinski definition) is 4. The van der Waals surface area contributed by atoms with Crippen LogP contribution in [0.3, 0.4) is 0 Å². The zero-order valence-electron chi connectivity index (χ0n) is 15.1. The van der Waals surface area contributed by atoms with Crippen molar-refractivity contribution in [1.29, 1.82) is 0 Å². The van der Waals surface area contributed by atoms with Crippen LogP contribution in [0.5, 0.6) is 5.75 Å². The molecule has 5 nitrogen and oxygen atoms in total. The molecule has 1 fully saturated rings. The quantitative estimate of drug-likeness (QED) is 0.749. The first kappa shape index (κ1) is 18.6. The normalized spacial score (nSPS) is 16.8. The summed E-state index contributed by atoms with van der Waals surface area (Å²) in [6, 6.07) is 14.3. The number of rotatable bonds is 5. The average Bonchev–Trinajstić information content (AvgIpc) is 2.67. The molecule has 1 saturated heterocycles. The number of benzene rings is 2. The molecule has 6 heteroatoms. The lowest BCUT2D eigenvalue weighted by Gasteiger charge is -2.29. The molecule has 0 aromatic heterocycles. The lowest BCUT2D eigenvalue weighted by molar-refractivity contribution is 0.288. The van der Waals surface area contributed by atoms with E-state index in [0.717, 1.165) is 24.2 Å². The van der Waals surface area contributed by atoms with E-state index in [0.29, 0.717) is 29.6 Å². The van der Waals surface area contributed by atoms with Gasteiger partial charge >= 0.3 is 0 Å². The van der Waals surface area contributed by atoms with Gasteiger partial charge in [-0.05, 0) is 60.7 Å². The van der Waals surface area contributed by atoms with Crippen LogP contribution in [0.1, 0.15) is 25.3 Å². The van der Waals surface area contributed by atoms with Crippen molar-refractivity contribution < 1.29 is 13.2 Å². The van der Waals surface area contributed by atoms with E-state index in [1.165, 1.54) is 0 Å². The van der Waals surface area contributed by atoms with Gasteiger partial charge < -0.3 is 4.74 Å². The molecule has 2 aromatic rings. The second-order valence-electron chi connectivity index (χ2n) is 6.62. The van der Waals surface area contributed by atoms with Gasteiger partial charge in [-0.25, -0.2) is 8.42 Å². The van der Waals surface area contributed by atoms with E-state index in [2.05, 4.69) is 11.9 Å². The third kappa shape index (κ3) is 4.31. The van der Waals surface area contributed by atoms with Crippen LogP contribution in [-0.4, -0.2) is 39.1 Å². The van der Waals surface area contributed by atoms with Gasteiger partial charge in [0.05, 0.1) is 17.7 Å². The van der Waals surface area contributed by atoms with Crippen LogP contribution in [0.25, 0.3) is 0 Å². The van der Waals surface area contributed by atoms with Crippen LogP contribution >= 0.6 is 0 Å². The summed E-state index contributed by atoms with van der Waals surface area (Å²) in [5.41, 5.74) is 1.63. The molecule has 0 unspecified atom stereocenters. The molecular formula is C20H24N2O3S.